The van der Waals surface area contributed by atoms with Crippen molar-refractivity contribution in [2.75, 3.05) is 11.1 Å². The standard InChI is InChI=1S/C24H26FN3O2/c1-3-4-5-8-17-9-6-7-10-21(17)30-19-13-11-18(12-14-19)27-24(29)20-15-16(2)22(25)28-23(20)26/h6-7,9-15H,3-5,8H2,1-2H3,(H2,26,28)(H,27,29). The van der Waals surface area contributed by atoms with E-state index in [0.29, 0.717) is 11.4 Å². The molecule has 1 heterocycles. The molecular weight excluding hydrogens is 381 g/mol. The number of benzene rings is 2. The van der Waals surface area contributed by atoms with E-state index >= 15 is 0 Å². The van der Waals surface area contributed by atoms with Gasteiger partial charge in [0.05, 0.1) is 5.56 Å². The van der Waals surface area contributed by atoms with Gasteiger partial charge in [0.2, 0.25) is 5.95 Å². The Bertz CT molecular complexity index is 1020. The minimum Gasteiger partial charge on any atom is -0.457 e. The van der Waals surface area contributed by atoms with E-state index in [0.717, 1.165) is 18.6 Å². The lowest BCUT2D eigenvalue weighted by molar-refractivity contribution is 0.102. The summed E-state index contributed by atoms with van der Waals surface area (Å²) in [5, 5.41) is 2.75. The number of aryl methyl sites for hydroxylation is 2. The van der Waals surface area contributed by atoms with Crippen molar-refractivity contribution in [2.45, 2.75) is 39.5 Å². The van der Waals surface area contributed by atoms with Crippen LogP contribution in [0.15, 0.2) is 54.6 Å². The third-order valence-electron chi connectivity index (χ3n) is 4.79. The number of pyridine rings is 1. The molecule has 3 N–H and O–H groups in total. The molecule has 0 bridgehead atoms. The van der Waals surface area contributed by atoms with Gasteiger partial charge in [-0.05, 0) is 61.7 Å². The van der Waals surface area contributed by atoms with E-state index in [1.165, 1.54) is 31.4 Å². The lowest BCUT2D eigenvalue weighted by Gasteiger charge is -2.12. The fourth-order valence-corrected chi connectivity index (χ4v) is 3.09. The maximum absolute atomic E-state index is 13.5. The van der Waals surface area contributed by atoms with Gasteiger partial charge in [-0.3, -0.25) is 4.79 Å². The summed E-state index contributed by atoms with van der Waals surface area (Å²) >= 11 is 0. The highest BCUT2D eigenvalue weighted by atomic mass is 19.1. The number of ether oxygens (including phenoxy) is 1. The van der Waals surface area contributed by atoms with E-state index in [2.05, 4.69) is 23.3 Å². The van der Waals surface area contributed by atoms with Crippen molar-refractivity contribution in [1.29, 1.82) is 0 Å². The number of unbranched alkanes of at least 4 members (excludes halogenated alkanes) is 2. The average molecular weight is 407 g/mol. The third-order valence-corrected chi connectivity index (χ3v) is 4.79. The molecule has 156 valence electrons. The molecule has 30 heavy (non-hydrogen) atoms. The number of para-hydroxylation sites is 1. The van der Waals surface area contributed by atoms with Gasteiger partial charge >= 0.3 is 0 Å². The molecular formula is C24H26FN3O2. The molecule has 0 radical (unpaired) electrons. The number of hydrogen-bond donors (Lipinski definition) is 2. The van der Waals surface area contributed by atoms with Crippen molar-refractivity contribution in [3.8, 4) is 11.5 Å². The molecule has 3 aromatic rings. The van der Waals surface area contributed by atoms with Gasteiger partial charge < -0.3 is 15.8 Å². The van der Waals surface area contributed by atoms with Crippen LogP contribution in [0.5, 0.6) is 11.5 Å². The fraction of sp³-hybridized carbons (Fsp3) is 0.250. The van der Waals surface area contributed by atoms with Crippen LogP contribution in [0.25, 0.3) is 0 Å². The fourth-order valence-electron chi connectivity index (χ4n) is 3.09. The van der Waals surface area contributed by atoms with Crippen LogP contribution in [-0.2, 0) is 6.42 Å². The maximum Gasteiger partial charge on any atom is 0.259 e. The molecule has 0 saturated carbocycles. The first-order valence-corrected chi connectivity index (χ1v) is 10.1. The van der Waals surface area contributed by atoms with Gasteiger partial charge in [-0.15, -0.1) is 0 Å². The minimum absolute atomic E-state index is 0.134. The number of rotatable bonds is 8. The smallest absolute Gasteiger partial charge is 0.259 e. The Labute approximate surface area is 176 Å². The summed E-state index contributed by atoms with van der Waals surface area (Å²) in [6.45, 7) is 3.72. The van der Waals surface area contributed by atoms with Gasteiger partial charge in [-0.25, -0.2) is 4.98 Å². The van der Waals surface area contributed by atoms with Crippen LogP contribution < -0.4 is 15.8 Å². The predicted octanol–water partition coefficient (Wildman–Crippen LogP) is 5.89. The highest BCUT2D eigenvalue weighted by molar-refractivity contribution is 6.07. The summed E-state index contributed by atoms with van der Waals surface area (Å²) in [6.07, 6.45) is 4.47. The molecule has 0 aliphatic heterocycles. The highest BCUT2D eigenvalue weighted by Gasteiger charge is 2.14. The number of nitrogens with one attached hydrogen (secondary N) is 1. The van der Waals surface area contributed by atoms with Crippen LogP contribution in [0.1, 0.15) is 47.7 Å². The monoisotopic (exact) mass is 407 g/mol. The lowest BCUT2D eigenvalue weighted by Crippen LogP contribution is -2.16. The SMILES string of the molecule is CCCCCc1ccccc1Oc1ccc(NC(=O)c2cc(C)c(F)nc2N)cc1. The molecule has 0 unspecified atom stereocenters. The van der Waals surface area contributed by atoms with Crippen molar-refractivity contribution >= 4 is 17.4 Å². The van der Waals surface area contributed by atoms with Gasteiger partial charge in [-0.1, -0.05) is 38.0 Å². The van der Waals surface area contributed by atoms with E-state index in [9.17, 15) is 9.18 Å². The first kappa shape index (κ1) is 21.3. The number of nitrogens with two attached hydrogens (primary N) is 1. The lowest BCUT2D eigenvalue weighted by atomic mass is 10.1. The van der Waals surface area contributed by atoms with E-state index < -0.39 is 11.9 Å². The van der Waals surface area contributed by atoms with E-state index in [-0.39, 0.29) is 16.9 Å². The zero-order valence-corrected chi connectivity index (χ0v) is 17.2. The zero-order chi connectivity index (χ0) is 21.5. The minimum atomic E-state index is -0.680. The Morgan fingerprint density at radius 3 is 2.60 bits per heavy atom. The van der Waals surface area contributed by atoms with Crippen molar-refractivity contribution in [3.05, 3.63) is 77.2 Å². The first-order valence-electron chi connectivity index (χ1n) is 10.1. The molecule has 0 aliphatic carbocycles. The molecule has 0 fully saturated rings. The number of amides is 1. The number of nitrogens with zero attached hydrogens (tertiary/aromatic N) is 1. The van der Waals surface area contributed by atoms with Gasteiger partial charge in [0, 0.05) is 11.3 Å². The Balaban J connectivity index is 1.67. The second kappa shape index (κ2) is 9.87. The summed E-state index contributed by atoms with van der Waals surface area (Å²) in [4.78, 5) is 16.0. The van der Waals surface area contributed by atoms with Crippen LogP contribution in [-0.4, -0.2) is 10.9 Å². The van der Waals surface area contributed by atoms with E-state index in [1.807, 2.05) is 18.2 Å². The molecule has 0 saturated heterocycles. The van der Waals surface area contributed by atoms with Crippen molar-refractivity contribution in [2.24, 2.45) is 0 Å². The van der Waals surface area contributed by atoms with E-state index in [4.69, 9.17) is 10.5 Å². The molecule has 0 spiro atoms. The summed E-state index contributed by atoms with van der Waals surface area (Å²) in [7, 11) is 0. The van der Waals surface area contributed by atoms with Crippen LogP contribution >= 0.6 is 0 Å². The number of hydrogen-bond acceptors (Lipinski definition) is 4. The predicted molar refractivity (Wildman–Crippen MR) is 117 cm³/mol. The number of halogens is 1. The van der Waals surface area contributed by atoms with Crippen LogP contribution in [0.4, 0.5) is 15.9 Å². The third kappa shape index (κ3) is 5.35. The number of aromatic nitrogens is 1. The number of carbonyl (C=O) groups is 1. The van der Waals surface area contributed by atoms with Gasteiger partial charge in [0.25, 0.3) is 5.91 Å². The quantitative estimate of drug-likeness (QED) is 0.361. The largest absolute Gasteiger partial charge is 0.457 e. The Kier molecular flexibility index (Phi) is 7.01. The number of carbonyl (C=O) groups excluding carboxylic acids is 1. The topological polar surface area (TPSA) is 77.2 Å². The van der Waals surface area contributed by atoms with Crippen LogP contribution in [0.2, 0.25) is 0 Å². The molecule has 6 heteroatoms. The molecule has 2 aromatic carbocycles. The average Bonchev–Trinajstić information content (AvgIpc) is 2.73. The van der Waals surface area contributed by atoms with Gasteiger partial charge in [0.15, 0.2) is 0 Å². The Hall–Kier alpha value is -3.41. The Morgan fingerprint density at radius 1 is 1.13 bits per heavy atom. The number of anilines is 2. The van der Waals surface area contributed by atoms with Crippen molar-refractivity contribution in [3.63, 3.8) is 0 Å². The van der Waals surface area contributed by atoms with Crippen molar-refractivity contribution < 1.29 is 13.9 Å². The first-order chi connectivity index (χ1) is 14.5. The molecule has 1 amide bonds. The molecule has 3 rings (SSSR count). The van der Waals surface area contributed by atoms with Gasteiger partial charge in [-0.2, -0.15) is 4.39 Å². The maximum atomic E-state index is 13.5. The van der Waals surface area contributed by atoms with Crippen LogP contribution in [0, 0.1) is 12.9 Å². The summed E-state index contributed by atoms with van der Waals surface area (Å²) < 4.78 is 19.5. The molecule has 0 atom stereocenters. The second-order valence-electron chi connectivity index (χ2n) is 7.17. The molecule has 1 aromatic heterocycles. The van der Waals surface area contributed by atoms with Crippen LogP contribution in [0.3, 0.4) is 0 Å². The molecule has 0 aliphatic rings. The van der Waals surface area contributed by atoms with E-state index in [1.54, 1.807) is 24.3 Å². The highest BCUT2D eigenvalue weighted by Crippen LogP contribution is 2.28. The zero-order valence-electron chi connectivity index (χ0n) is 17.2. The number of nitrogen functional groups attached to an aromatic ring is 1. The summed E-state index contributed by atoms with van der Waals surface area (Å²) in [5.74, 6) is 0.245. The van der Waals surface area contributed by atoms with Crippen molar-refractivity contribution in [1.82, 2.24) is 4.98 Å². The van der Waals surface area contributed by atoms with Gasteiger partial charge in [0.1, 0.15) is 17.3 Å². The Morgan fingerprint density at radius 2 is 1.87 bits per heavy atom. The normalized spacial score (nSPS) is 10.6. The molecule has 5 nitrogen and oxygen atoms in total. The second-order valence-corrected chi connectivity index (χ2v) is 7.17. The summed E-state index contributed by atoms with van der Waals surface area (Å²) in [6, 6.07) is 16.5. The summed E-state index contributed by atoms with van der Waals surface area (Å²) in [5.41, 5.74) is 7.83.